The van der Waals surface area contributed by atoms with Crippen LogP contribution in [0.5, 0.6) is 5.75 Å². The number of piperidine rings is 1. The number of anilines is 1. The van der Waals surface area contributed by atoms with Crippen LogP contribution in [0, 0.1) is 12.8 Å². The molecule has 0 saturated carbocycles. The zero-order valence-corrected chi connectivity index (χ0v) is 16.1. The highest BCUT2D eigenvalue weighted by atomic mass is 19.4. The molecule has 6 nitrogen and oxygen atoms in total. The Morgan fingerprint density at radius 2 is 1.97 bits per heavy atom. The Morgan fingerprint density at radius 1 is 1.21 bits per heavy atom. The number of halogens is 3. The molecule has 1 N–H and O–H groups in total. The molecule has 0 unspecified atom stereocenters. The van der Waals surface area contributed by atoms with Gasteiger partial charge in [0, 0.05) is 19.0 Å². The monoisotopic (exact) mass is 408 g/mol. The van der Waals surface area contributed by atoms with E-state index in [1.54, 1.807) is 0 Å². The normalized spacial score (nSPS) is 15.2. The molecule has 1 saturated heterocycles. The fourth-order valence-corrected chi connectivity index (χ4v) is 3.18. The fourth-order valence-electron chi connectivity index (χ4n) is 3.18. The van der Waals surface area contributed by atoms with Crippen molar-refractivity contribution in [3.8, 4) is 5.75 Å². The van der Waals surface area contributed by atoms with Crippen molar-refractivity contribution < 1.29 is 22.7 Å². The number of carbonyl (C=O) groups is 1. The molecule has 0 atom stereocenters. The standard InChI is InChI=1S/C20H23F3N4O2/c1-14-5-6-18(26-25-14)27-10-7-15(8-11-27)19(28)24-9-12-29-17-4-2-3-16(13-17)20(21,22)23/h2-6,13,15H,7-12H2,1H3,(H,24,28). The Balaban J connectivity index is 1.39. The minimum Gasteiger partial charge on any atom is -0.492 e. The number of rotatable bonds is 6. The van der Waals surface area contributed by atoms with Crippen molar-refractivity contribution in [1.29, 1.82) is 0 Å². The molecular weight excluding hydrogens is 385 g/mol. The molecule has 1 amide bonds. The highest BCUT2D eigenvalue weighted by Gasteiger charge is 2.30. The van der Waals surface area contributed by atoms with Crippen molar-refractivity contribution in [3.05, 3.63) is 47.7 Å². The molecule has 2 aromatic rings. The van der Waals surface area contributed by atoms with Gasteiger partial charge in [-0.2, -0.15) is 18.3 Å². The van der Waals surface area contributed by atoms with Crippen molar-refractivity contribution >= 4 is 11.7 Å². The smallest absolute Gasteiger partial charge is 0.416 e. The Kier molecular flexibility index (Phi) is 6.56. The lowest BCUT2D eigenvalue weighted by atomic mass is 9.96. The highest BCUT2D eigenvalue weighted by molar-refractivity contribution is 5.78. The number of ether oxygens (including phenoxy) is 1. The van der Waals surface area contributed by atoms with E-state index in [1.165, 1.54) is 12.1 Å². The van der Waals surface area contributed by atoms with Crippen LogP contribution in [0.3, 0.4) is 0 Å². The number of aromatic nitrogens is 2. The quantitative estimate of drug-likeness (QED) is 0.744. The van der Waals surface area contributed by atoms with E-state index in [0.29, 0.717) is 12.8 Å². The first-order valence-electron chi connectivity index (χ1n) is 9.46. The molecule has 1 aliphatic heterocycles. The number of carbonyl (C=O) groups excluding carboxylic acids is 1. The molecule has 9 heteroatoms. The van der Waals surface area contributed by atoms with E-state index in [4.69, 9.17) is 4.74 Å². The molecule has 156 valence electrons. The van der Waals surface area contributed by atoms with Crippen LogP contribution in [0.25, 0.3) is 0 Å². The van der Waals surface area contributed by atoms with E-state index in [9.17, 15) is 18.0 Å². The fraction of sp³-hybridized carbons (Fsp3) is 0.450. The number of aryl methyl sites for hydroxylation is 1. The zero-order valence-electron chi connectivity index (χ0n) is 16.1. The number of alkyl halides is 3. The van der Waals surface area contributed by atoms with E-state index in [1.807, 2.05) is 19.1 Å². The van der Waals surface area contributed by atoms with Crippen LogP contribution in [0.15, 0.2) is 36.4 Å². The van der Waals surface area contributed by atoms with Crippen molar-refractivity contribution in [2.45, 2.75) is 25.9 Å². The van der Waals surface area contributed by atoms with E-state index >= 15 is 0 Å². The van der Waals surface area contributed by atoms with Gasteiger partial charge < -0.3 is 15.0 Å². The van der Waals surface area contributed by atoms with Crippen molar-refractivity contribution in [2.24, 2.45) is 5.92 Å². The molecule has 1 aliphatic rings. The van der Waals surface area contributed by atoms with Gasteiger partial charge >= 0.3 is 6.18 Å². The van der Waals surface area contributed by atoms with E-state index < -0.39 is 11.7 Å². The van der Waals surface area contributed by atoms with E-state index in [-0.39, 0.29) is 30.7 Å². The van der Waals surface area contributed by atoms with Crippen molar-refractivity contribution in [3.63, 3.8) is 0 Å². The topological polar surface area (TPSA) is 67.4 Å². The zero-order chi connectivity index (χ0) is 20.9. The predicted octanol–water partition coefficient (Wildman–Crippen LogP) is 3.22. The van der Waals surface area contributed by atoms with Crippen molar-refractivity contribution in [2.75, 3.05) is 31.1 Å². The summed E-state index contributed by atoms with van der Waals surface area (Å²) >= 11 is 0. The summed E-state index contributed by atoms with van der Waals surface area (Å²) in [5.41, 5.74) is 0.0967. The number of hydrogen-bond acceptors (Lipinski definition) is 5. The van der Waals surface area contributed by atoms with Crippen molar-refractivity contribution in [1.82, 2.24) is 15.5 Å². The third kappa shape index (κ3) is 5.82. The molecule has 0 spiro atoms. The average Bonchev–Trinajstić information content (AvgIpc) is 2.71. The summed E-state index contributed by atoms with van der Waals surface area (Å²) in [5, 5.41) is 11.0. The van der Waals surface area contributed by atoms with Crippen LogP contribution in [-0.2, 0) is 11.0 Å². The van der Waals surface area contributed by atoms with Gasteiger partial charge in [-0.25, -0.2) is 0 Å². The Bertz CT molecular complexity index is 819. The molecule has 1 aromatic carbocycles. The Hall–Kier alpha value is -2.84. The number of amides is 1. The first-order chi connectivity index (χ1) is 13.8. The molecule has 3 rings (SSSR count). The summed E-state index contributed by atoms with van der Waals surface area (Å²) in [7, 11) is 0. The van der Waals surface area contributed by atoms with E-state index in [0.717, 1.165) is 36.7 Å². The first-order valence-corrected chi connectivity index (χ1v) is 9.46. The first kappa shape index (κ1) is 20.9. The summed E-state index contributed by atoms with van der Waals surface area (Å²) in [6, 6.07) is 8.53. The predicted molar refractivity (Wildman–Crippen MR) is 102 cm³/mol. The van der Waals surface area contributed by atoms with Gasteiger partial charge in [0.2, 0.25) is 5.91 Å². The van der Waals surface area contributed by atoms with Crippen LogP contribution >= 0.6 is 0 Å². The summed E-state index contributed by atoms with van der Waals surface area (Å²) in [4.78, 5) is 14.4. The summed E-state index contributed by atoms with van der Waals surface area (Å²) in [5.74, 6) is 0.774. The highest BCUT2D eigenvalue weighted by Crippen LogP contribution is 2.31. The third-order valence-corrected chi connectivity index (χ3v) is 4.80. The number of nitrogens with zero attached hydrogens (tertiary/aromatic N) is 3. The minimum absolute atomic E-state index is 0.0627. The van der Waals surface area contributed by atoms with Gasteiger partial charge in [-0.1, -0.05) is 6.07 Å². The molecule has 0 bridgehead atoms. The molecule has 0 radical (unpaired) electrons. The maximum Gasteiger partial charge on any atom is 0.416 e. The number of hydrogen-bond donors (Lipinski definition) is 1. The maximum atomic E-state index is 12.7. The number of benzene rings is 1. The summed E-state index contributed by atoms with van der Waals surface area (Å²) < 4.78 is 43.4. The lowest BCUT2D eigenvalue weighted by molar-refractivity contribution is -0.137. The SMILES string of the molecule is Cc1ccc(N2CCC(C(=O)NCCOc3cccc(C(F)(F)F)c3)CC2)nn1. The molecule has 2 heterocycles. The maximum absolute atomic E-state index is 12.7. The van der Waals surface area contributed by atoms with Gasteiger partial charge in [0.1, 0.15) is 12.4 Å². The van der Waals surface area contributed by atoms with Crippen LogP contribution < -0.4 is 15.0 Å². The summed E-state index contributed by atoms with van der Waals surface area (Å²) in [6.07, 6.45) is -3.00. The lowest BCUT2D eigenvalue weighted by Gasteiger charge is -2.31. The molecule has 1 aromatic heterocycles. The van der Waals surface area contributed by atoms with Gasteiger partial charge in [0.25, 0.3) is 0 Å². The Morgan fingerprint density at radius 3 is 2.62 bits per heavy atom. The second-order valence-electron chi connectivity index (χ2n) is 6.96. The minimum atomic E-state index is -4.41. The van der Waals surface area contributed by atoms with Crippen LogP contribution in [0.4, 0.5) is 19.0 Å². The van der Waals surface area contributed by atoms with Crippen LogP contribution in [0.1, 0.15) is 24.1 Å². The van der Waals surface area contributed by atoms with Gasteiger partial charge in [-0.05, 0) is 50.1 Å². The molecule has 0 aliphatic carbocycles. The number of nitrogens with one attached hydrogen (secondary N) is 1. The average molecular weight is 408 g/mol. The van der Waals surface area contributed by atoms with Gasteiger partial charge in [-0.3, -0.25) is 4.79 Å². The second-order valence-corrected chi connectivity index (χ2v) is 6.96. The van der Waals surface area contributed by atoms with E-state index in [2.05, 4.69) is 20.4 Å². The molecular formula is C20H23F3N4O2. The third-order valence-electron chi connectivity index (χ3n) is 4.80. The van der Waals surface area contributed by atoms with Crippen LogP contribution in [0.2, 0.25) is 0 Å². The summed E-state index contributed by atoms with van der Waals surface area (Å²) in [6.45, 7) is 3.65. The molecule has 1 fully saturated rings. The largest absolute Gasteiger partial charge is 0.492 e. The van der Waals surface area contributed by atoms with Gasteiger partial charge in [0.05, 0.1) is 17.8 Å². The van der Waals surface area contributed by atoms with Gasteiger partial charge in [0.15, 0.2) is 5.82 Å². The van der Waals surface area contributed by atoms with Crippen LogP contribution in [-0.4, -0.2) is 42.3 Å². The molecule has 29 heavy (non-hydrogen) atoms. The van der Waals surface area contributed by atoms with Gasteiger partial charge in [-0.15, -0.1) is 5.10 Å². The second kappa shape index (κ2) is 9.11. The lowest BCUT2D eigenvalue weighted by Crippen LogP contribution is -2.41. The Labute approximate surface area is 167 Å².